The maximum Gasteiger partial charge on any atom is 0.402 e. The van der Waals surface area contributed by atoms with E-state index in [4.69, 9.17) is 4.74 Å². The standard InChI is InChI=1S/C10H15F6NO/c1-17-7(6-3-2-4-18-5-6)8(9(11,12)13)10(14,15)16/h6-8,17H,2-5H2,1H3. The van der Waals surface area contributed by atoms with E-state index >= 15 is 0 Å². The predicted octanol–water partition coefficient (Wildman–Crippen LogP) is 2.74. The summed E-state index contributed by atoms with van der Waals surface area (Å²) in [6.07, 6.45) is -9.85. The van der Waals surface area contributed by atoms with Crippen molar-refractivity contribution in [3.63, 3.8) is 0 Å². The number of rotatable bonds is 3. The molecule has 1 heterocycles. The van der Waals surface area contributed by atoms with Gasteiger partial charge in [0.05, 0.1) is 6.61 Å². The van der Waals surface area contributed by atoms with E-state index in [9.17, 15) is 26.3 Å². The first-order valence-electron chi connectivity index (χ1n) is 5.56. The third-order valence-corrected chi connectivity index (χ3v) is 3.10. The van der Waals surface area contributed by atoms with Gasteiger partial charge in [-0.1, -0.05) is 0 Å². The second kappa shape index (κ2) is 5.64. The fourth-order valence-corrected chi connectivity index (χ4v) is 2.32. The highest BCUT2D eigenvalue weighted by Gasteiger charge is 2.61. The van der Waals surface area contributed by atoms with Crippen molar-refractivity contribution in [3.8, 4) is 0 Å². The highest BCUT2D eigenvalue weighted by Crippen LogP contribution is 2.44. The maximum absolute atomic E-state index is 12.6. The lowest BCUT2D eigenvalue weighted by molar-refractivity contribution is -0.296. The Bertz CT molecular complexity index is 244. The van der Waals surface area contributed by atoms with Crippen LogP contribution in [-0.4, -0.2) is 38.7 Å². The van der Waals surface area contributed by atoms with Crippen LogP contribution in [0.1, 0.15) is 12.8 Å². The average molecular weight is 279 g/mol. The van der Waals surface area contributed by atoms with Crippen LogP contribution in [0.25, 0.3) is 0 Å². The molecular formula is C10H15F6NO. The van der Waals surface area contributed by atoms with Gasteiger partial charge >= 0.3 is 12.4 Å². The Morgan fingerprint density at radius 2 is 1.67 bits per heavy atom. The minimum Gasteiger partial charge on any atom is -0.381 e. The Morgan fingerprint density at radius 3 is 2.00 bits per heavy atom. The molecule has 0 spiro atoms. The predicted molar refractivity (Wildman–Crippen MR) is 52.0 cm³/mol. The molecule has 2 unspecified atom stereocenters. The van der Waals surface area contributed by atoms with Gasteiger partial charge in [0.15, 0.2) is 5.92 Å². The third kappa shape index (κ3) is 3.74. The molecule has 0 saturated carbocycles. The zero-order valence-electron chi connectivity index (χ0n) is 9.74. The Balaban J connectivity index is 2.93. The van der Waals surface area contributed by atoms with Crippen molar-refractivity contribution in [1.82, 2.24) is 5.32 Å². The SMILES string of the molecule is CNC(C1CCCOC1)C(C(F)(F)F)C(F)(F)F. The molecule has 0 aliphatic carbocycles. The molecule has 0 radical (unpaired) electrons. The summed E-state index contributed by atoms with van der Waals surface area (Å²) < 4.78 is 80.6. The van der Waals surface area contributed by atoms with Crippen LogP contribution in [0, 0.1) is 11.8 Å². The van der Waals surface area contributed by atoms with Crippen molar-refractivity contribution in [2.24, 2.45) is 11.8 Å². The molecule has 1 aliphatic rings. The first-order chi connectivity index (χ1) is 8.18. The second-order valence-electron chi connectivity index (χ2n) is 4.35. The van der Waals surface area contributed by atoms with E-state index in [1.165, 1.54) is 0 Å². The fourth-order valence-electron chi connectivity index (χ4n) is 2.32. The second-order valence-corrected chi connectivity index (χ2v) is 4.35. The Morgan fingerprint density at radius 1 is 1.11 bits per heavy atom. The van der Waals surface area contributed by atoms with Gasteiger partial charge in [0.2, 0.25) is 0 Å². The van der Waals surface area contributed by atoms with Crippen molar-refractivity contribution in [2.45, 2.75) is 31.2 Å². The lowest BCUT2D eigenvalue weighted by atomic mass is 9.84. The highest BCUT2D eigenvalue weighted by atomic mass is 19.4. The monoisotopic (exact) mass is 279 g/mol. The molecule has 0 aromatic heterocycles. The van der Waals surface area contributed by atoms with E-state index in [0.29, 0.717) is 19.4 Å². The van der Waals surface area contributed by atoms with Crippen molar-refractivity contribution >= 4 is 0 Å². The smallest absolute Gasteiger partial charge is 0.381 e. The largest absolute Gasteiger partial charge is 0.402 e. The van der Waals surface area contributed by atoms with Gasteiger partial charge in [-0.2, -0.15) is 26.3 Å². The van der Waals surface area contributed by atoms with Gasteiger partial charge in [-0.05, 0) is 25.8 Å². The molecule has 2 atom stereocenters. The van der Waals surface area contributed by atoms with Gasteiger partial charge in [-0.25, -0.2) is 0 Å². The Labute approximate surface area is 101 Å². The van der Waals surface area contributed by atoms with E-state index < -0.39 is 30.2 Å². The van der Waals surface area contributed by atoms with Crippen molar-refractivity contribution in [1.29, 1.82) is 0 Å². The molecule has 8 heteroatoms. The summed E-state index contributed by atoms with van der Waals surface area (Å²) in [5.41, 5.74) is 0. The molecule has 0 amide bonds. The lowest BCUT2D eigenvalue weighted by Gasteiger charge is -2.37. The zero-order chi connectivity index (χ0) is 14.0. The van der Waals surface area contributed by atoms with Gasteiger partial charge in [-0.3, -0.25) is 0 Å². The molecule has 18 heavy (non-hydrogen) atoms. The minimum absolute atomic E-state index is 0.0752. The molecule has 2 nitrogen and oxygen atoms in total. The summed E-state index contributed by atoms with van der Waals surface area (Å²) in [5, 5.41) is 2.16. The molecule has 0 aromatic carbocycles. The number of nitrogens with one attached hydrogen (secondary N) is 1. The normalized spacial score (nSPS) is 24.3. The molecule has 1 saturated heterocycles. The molecule has 1 aliphatic heterocycles. The van der Waals surface area contributed by atoms with Crippen LogP contribution in [0.5, 0.6) is 0 Å². The number of alkyl halides is 6. The molecular weight excluding hydrogens is 264 g/mol. The van der Waals surface area contributed by atoms with Gasteiger partial charge < -0.3 is 10.1 Å². The van der Waals surface area contributed by atoms with E-state index in [0.717, 1.165) is 7.05 Å². The van der Waals surface area contributed by atoms with Gasteiger partial charge in [0.1, 0.15) is 0 Å². The summed E-state index contributed by atoms with van der Waals surface area (Å²) in [5.74, 6) is -4.14. The summed E-state index contributed by atoms with van der Waals surface area (Å²) in [7, 11) is 1.11. The van der Waals surface area contributed by atoms with Crippen LogP contribution in [0.15, 0.2) is 0 Å². The molecule has 108 valence electrons. The van der Waals surface area contributed by atoms with E-state index in [-0.39, 0.29) is 6.61 Å². The average Bonchev–Trinajstić information content (AvgIpc) is 2.23. The number of halogens is 6. The molecule has 0 bridgehead atoms. The van der Waals surface area contributed by atoms with Crippen LogP contribution >= 0.6 is 0 Å². The van der Waals surface area contributed by atoms with Crippen molar-refractivity contribution in [3.05, 3.63) is 0 Å². The van der Waals surface area contributed by atoms with Crippen molar-refractivity contribution < 1.29 is 31.1 Å². The third-order valence-electron chi connectivity index (χ3n) is 3.10. The van der Waals surface area contributed by atoms with E-state index in [1.807, 2.05) is 0 Å². The molecule has 1 N–H and O–H groups in total. The number of ether oxygens (including phenoxy) is 1. The first-order valence-corrected chi connectivity index (χ1v) is 5.56. The van der Waals surface area contributed by atoms with Crippen LogP contribution < -0.4 is 5.32 Å². The van der Waals surface area contributed by atoms with Crippen LogP contribution in [0.2, 0.25) is 0 Å². The fraction of sp³-hybridized carbons (Fsp3) is 1.00. The van der Waals surface area contributed by atoms with Crippen LogP contribution in [-0.2, 0) is 4.74 Å². The Hall–Kier alpha value is -0.500. The van der Waals surface area contributed by atoms with E-state index in [2.05, 4.69) is 5.32 Å². The number of hydrogen-bond donors (Lipinski definition) is 1. The van der Waals surface area contributed by atoms with Crippen molar-refractivity contribution in [2.75, 3.05) is 20.3 Å². The highest BCUT2D eigenvalue weighted by molar-refractivity contribution is 4.91. The number of hydrogen-bond acceptors (Lipinski definition) is 2. The first kappa shape index (κ1) is 15.6. The van der Waals surface area contributed by atoms with Gasteiger partial charge in [-0.15, -0.1) is 0 Å². The molecule has 0 aromatic rings. The Kier molecular flexibility index (Phi) is 4.88. The quantitative estimate of drug-likeness (QED) is 0.802. The maximum atomic E-state index is 12.6. The van der Waals surface area contributed by atoms with Crippen LogP contribution in [0.3, 0.4) is 0 Å². The van der Waals surface area contributed by atoms with E-state index in [1.54, 1.807) is 0 Å². The summed E-state index contributed by atoms with van der Waals surface area (Å²) >= 11 is 0. The van der Waals surface area contributed by atoms with Gasteiger partial charge in [0, 0.05) is 12.6 Å². The van der Waals surface area contributed by atoms with Crippen LogP contribution in [0.4, 0.5) is 26.3 Å². The zero-order valence-corrected chi connectivity index (χ0v) is 9.74. The minimum atomic E-state index is -5.32. The summed E-state index contributed by atoms with van der Waals surface area (Å²) in [4.78, 5) is 0. The lowest BCUT2D eigenvalue weighted by Crippen LogP contribution is -2.54. The summed E-state index contributed by atoms with van der Waals surface area (Å²) in [6, 6.07) is -1.70. The molecule has 1 fully saturated rings. The van der Waals surface area contributed by atoms with Gasteiger partial charge in [0.25, 0.3) is 0 Å². The molecule has 1 rings (SSSR count). The summed E-state index contributed by atoms with van der Waals surface area (Å²) in [6.45, 7) is 0.309. The topological polar surface area (TPSA) is 21.3 Å².